The number of nitrogens with zero attached hydrogens (tertiary/aromatic N) is 3. The minimum atomic E-state index is 0.697. The first-order valence-electron chi connectivity index (χ1n) is 6.89. The molecule has 2 fully saturated rings. The van der Waals surface area contributed by atoms with Crippen LogP contribution in [0.15, 0.2) is 18.6 Å². The van der Waals surface area contributed by atoms with Crippen LogP contribution in [0.1, 0.15) is 42.2 Å². The summed E-state index contributed by atoms with van der Waals surface area (Å²) in [5.41, 5.74) is 2.26. The molecular formula is C14H16N4S. The van der Waals surface area contributed by atoms with Gasteiger partial charge < -0.3 is 5.32 Å². The molecule has 0 unspecified atom stereocenters. The van der Waals surface area contributed by atoms with Gasteiger partial charge in [0, 0.05) is 29.6 Å². The molecule has 2 aromatic rings. The molecule has 2 aliphatic rings. The number of rotatable bonds is 5. The summed E-state index contributed by atoms with van der Waals surface area (Å²) in [7, 11) is 0. The van der Waals surface area contributed by atoms with E-state index in [4.69, 9.17) is 4.98 Å². The maximum absolute atomic E-state index is 4.83. The Hall–Kier alpha value is -1.33. The number of hydrogen-bond acceptors (Lipinski definition) is 5. The van der Waals surface area contributed by atoms with Gasteiger partial charge in [0.2, 0.25) is 0 Å². The fourth-order valence-corrected chi connectivity index (χ4v) is 3.29. The van der Waals surface area contributed by atoms with Gasteiger partial charge in [-0.1, -0.05) is 0 Å². The van der Waals surface area contributed by atoms with E-state index in [-0.39, 0.29) is 0 Å². The number of aromatic nitrogens is 3. The van der Waals surface area contributed by atoms with Crippen LogP contribution in [0.5, 0.6) is 0 Å². The molecule has 5 heteroatoms. The van der Waals surface area contributed by atoms with Gasteiger partial charge >= 0.3 is 0 Å². The van der Waals surface area contributed by atoms with Crippen LogP contribution in [0.4, 0.5) is 0 Å². The topological polar surface area (TPSA) is 50.7 Å². The first-order valence-corrected chi connectivity index (χ1v) is 7.71. The highest BCUT2D eigenvalue weighted by Gasteiger charge is 2.30. The summed E-state index contributed by atoms with van der Waals surface area (Å²) >= 11 is 1.79. The van der Waals surface area contributed by atoms with Gasteiger partial charge in [-0.25, -0.2) is 15.0 Å². The Kier molecular flexibility index (Phi) is 2.81. The van der Waals surface area contributed by atoms with Gasteiger partial charge in [0.05, 0.1) is 5.69 Å². The van der Waals surface area contributed by atoms with E-state index in [0.717, 1.165) is 23.3 Å². The van der Waals surface area contributed by atoms with E-state index in [0.29, 0.717) is 5.92 Å². The quantitative estimate of drug-likeness (QED) is 0.909. The van der Waals surface area contributed by atoms with Crippen molar-refractivity contribution in [2.75, 3.05) is 0 Å². The van der Waals surface area contributed by atoms with E-state index < -0.39 is 0 Å². The van der Waals surface area contributed by atoms with Crippen LogP contribution in [0.25, 0.3) is 10.7 Å². The molecule has 19 heavy (non-hydrogen) atoms. The van der Waals surface area contributed by atoms with Crippen LogP contribution in [0.3, 0.4) is 0 Å². The zero-order valence-electron chi connectivity index (χ0n) is 10.7. The van der Waals surface area contributed by atoms with E-state index in [1.54, 1.807) is 23.9 Å². The third kappa shape index (κ3) is 2.53. The lowest BCUT2D eigenvalue weighted by Crippen LogP contribution is -2.15. The summed E-state index contributed by atoms with van der Waals surface area (Å²) in [5.74, 6) is 0.697. The normalized spacial score (nSPS) is 18.7. The molecule has 2 saturated carbocycles. The summed E-state index contributed by atoms with van der Waals surface area (Å²) in [5, 5.41) is 4.64. The van der Waals surface area contributed by atoms with E-state index in [1.807, 2.05) is 6.07 Å². The van der Waals surface area contributed by atoms with Crippen LogP contribution in [-0.4, -0.2) is 21.0 Å². The molecular weight excluding hydrogens is 256 g/mol. The van der Waals surface area contributed by atoms with Crippen molar-refractivity contribution < 1.29 is 0 Å². The first-order chi connectivity index (χ1) is 9.40. The highest BCUT2D eigenvalue weighted by Crippen LogP contribution is 2.44. The van der Waals surface area contributed by atoms with Crippen LogP contribution in [-0.2, 0) is 6.54 Å². The van der Waals surface area contributed by atoms with Gasteiger partial charge in [0.15, 0.2) is 0 Å². The van der Waals surface area contributed by atoms with Crippen LogP contribution < -0.4 is 5.32 Å². The Balaban J connectivity index is 1.62. The van der Waals surface area contributed by atoms with Gasteiger partial charge in [-0.2, -0.15) is 0 Å². The van der Waals surface area contributed by atoms with Crippen LogP contribution in [0.2, 0.25) is 0 Å². The van der Waals surface area contributed by atoms with Crippen molar-refractivity contribution in [2.24, 2.45) is 0 Å². The zero-order valence-corrected chi connectivity index (χ0v) is 11.5. The van der Waals surface area contributed by atoms with Crippen molar-refractivity contribution in [1.82, 2.24) is 20.3 Å². The molecule has 98 valence electrons. The fourth-order valence-electron chi connectivity index (χ4n) is 2.22. The van der Waals surface area contributed by atoms with Crippen molar-refractivity contribution in [3.8, 4) is 10.7 Å². The molecule has 1 N–H and O–H groups in total. The molecule has 0 radical (unpaired) electrons. The molecule has 0 aliphatic heterocycles. The van der Waals surface area contributed by atoms with Crippen LogP contribution >= 0.6 is 11.3 Å². The van der Waals surface area contributed by atoms with E-state index in [2.05, 4.69) is 15.3 Å². The van der Waals surface area contributed by atoms with Crippen LogP contribution in [0, 0.1) is 0 Å². The molecule has 0 bridgehead atoms. The summed E-state index contributed by atoms with van der Waals surface area (Å²) in [6.07, 6.45) is 8.62. The molecule has 4 rings (SSSR count). The predicted molar refractivity (Wildman–Crippen MR) is 75.0 cm³/mol. The molecule has 0 atom stereocenters. The number of thiazole rings is 1. The van der Waals surface area contributed by atoms with Gasteiger partial charge in [-0.15, -0.1) is 11.3 Å². The van der Waals surface area contributed by atoms with Crippen molar-refractivity contribution in [3.05, 3.63) is 29.2 Å². The lowest BCUT2D eigenvalue weighted by molar-refractivity contribution is 0.688. The minimum Gasteiger partial charge on any atom is -0.309 e. The van der Waals surface area contributed by atoms with E-state index in [1.165, 1.54) is 36.3 Å². The smallest absolute Gasteiger partial charge is 0.142 e. The summed E-state index contributed by atoms with van der Waals surface area (Å²) in [6, 6.07) is 2.69. The van der Waals surface area contributed by atoms with Gasteiger partial charge in [0.25, 0.3) is 0 Å². The van der Waals surface area contributed by atoms with Gasteiger partial charge in [0.1, 0.15) is 17.0 Å². The molecule has 2 aromatic heterocycles. The third-order valence-corrected chi connectivity index (χ3v) is 4.71. The summed E-state index contributed by atoms with van der Waals surface area (Å²) < 4.78 is 0. The second kappa shape index (κ2) is 4.65. The summed E-state index contributed by atoms with van der Waals surface area (Å²) in [4.78, 5) is 14.5. The largest absolute Gasteiger partial charge is 0.309 e. The third-order valence-electron chi connectivity index (χ3n) is 3.62. The second-order valence-corrected chi connectivity index (χ2v) is 6.44. The SMILES string of the molecule is c1cc(-c2nc(C3CC3)c(CNC3CC3)s2)ncn1. The lowest BCUT2D eigenvalue weighted by atomic mass is 10.2. The second-order valence-electron chi connectivity index (χ2n) is 5.35. The van der Waals surface area contributed by atoms with E-state index >= 15 is 0 Å². The summed E-state index contributed by atoms with van der Waals surface area (Å²) in [6.45, 7) is 0.971. The number of nitrogens with one attached hydrogen (secondary N) is 1. The molecule has 0 spiro atoms. The average molecular weight is 272 g/mol. The highest BCUT2D eigenvalue weighted by atomic mass is 32.1. The Morgan fingerprint density at radius 2 is 2.16 bits per heavy atom. The van der Waals surface area contributed by atoms with Crippen molar-refractivity contribution >= 4 is 11.3 Å². The predicted octanol–water partition coefficient (Wildman–Crippen LogP) is 2.73. The molecule has 2 heterocycles. The molecule has 0 amide bonds. The first kappa shape index (κ1) is 11.5. The van der Waals surface area contributed by atoms with Crippen molar-refractivity contribution in [1.29, 1.82) is 0 Å². The lowest BCUT2D eigenvalue weighted by Gasteiger charge is -2.01. The van der Waals surface area contributed by atoms with Crippen molar-refractivity contribution in [3.63, 3.8) is 0 Å². The molecule has 0 aromatic carbocycles. The maximum atomic E-state index is 4.83. The highest BCUT2D eigenvalue weighted by molar-refractivity contribution is 7.15. The average Bonchev–Trinajstić information content (AvgIpc) is 3.37. The Morgan fingerprint density at radius 1 is 1.26 bits per heavy atom. The molecule has 2 aliphatic carbocycles. The Bertz CT molecular complexity index is 572. The zero-order chi connectivity index (χ0) is 12.7. The number of hydrogen-bond donors (Lipinski definition) is 1. The minimum absolute atomic E-state index is 0.697. The Labute approximate surface area is 116 Å². The van der Waals surface area contributed by atoms with Gasteiger partial charge in [-0.3, -0.25) is 0 Å². The standard InChI is InChI=1S/C14H16N4S/c1-2-9(1)13-12(7-16-10-3-4-10)19-14(18-13)11-5-6-15-8-17-11/h5-6,8-10,16H,1-4,7H2. The van der Waals surface area contributed by atoms with Gasteiger partial charge in [-0.05, 0) is 31.7 Å². The maximum Gasteiger partial charge on any atom is 0.142 e. The van der Waals surface area contributed by atoms with Crippen molar-refractivity contribution in [2.45, 2.75) is 44.2 Å². The Morgan fingerprint density at radius 3 is 2.84 bits per heavy atom. The monoisotopic (exact) mass is 272 g/mol. The molecule has 4 nitrogen and oxygen atoms in total. The van der Waals surface area contributed by atoms with E-state index in [9.17, 15) is 0 Å². The molecule has 0 saturated heterocycles. The fraction of sp³-hybridized carbons (Fsp3) is 0.500.